The highest BCUT2D eigenvalue weighted by Gasteiger charge is 2.12. The van der Waals surface area contributed by atoms with Crippen LogP contribution in [0.15, 0.2) is 47.2 Å². The molecule has 0 aliphatic heterocycles. The minimum atomic E-state index is 0.0120. The van der Waals surface area contributed by atoms with Crippen LogP contribution in [0, 0.1) is 6.92 Å². The lowest BCUT2D eigenvalue weighted by atomic mass is 10.0. The maximum absolute atomic E-state index is 12.2. The highest BCUT2D eigenvalue weighted by atomic mass is 79.9. The predicted molar refractivity (Wildman–Crippen MR) is 66.5 cm³/mol. The van der Waals surface area contributed by atoms with Gasteiger partial charge in [-0.25, -0.2) is 0 Å². The van der Waals surface area contributed by atoms with Crippen LogP contribution < -0.4 is 0 Å². The van der Waals surface area contributed by atoms with E-state index in [-0.39, 0.29) is 5.78 Å². The third-order valence-electron chi connectivity index (χ3n) is 2.38. The number of ketones is 1. The fourth-order valence-corrected chi connectivity index (χ4v) is 1.93. The molecule has 0 saturated carbocycles. The molecule has 2 aromatic rings. The third-order valence-corrected chi connectivity index (χ3v) is 3.43. The van der Waals surface area contributed by atoms with Gasteiger partial charge in [-0.3, -0.25) is 9.78 Å². The molecule has 0 saturated heterocycles. The summed E-state index contributed by atoms with van der Waals surface area (Å²) in [6.45, 7) is 1.97. The molecular weight excluding hydrogens is 266 g/mol. The maximum Gasteiger partial charge on any atom is 0.194 e. The zero-order chi connectivity index (χ0) is 11.5. The fraction of sp³-hybridized carbons (Fsp3) is 0.0769. The highest BCUT2D eigenvalue weighted by Crippen LogP contribution is 2.23. The minimum Gasteiger partial charge on any atom is -0.289 e. The van der Waals surface area contributed by atoms with E-state index in [9.17, 15) is 4.79 Å². The smallest absolute Gasteiger partial charge is 0.194 e. The summed E-state index contributed by atoms with van der Waals surface area (Å²) in [5, 5.41) is 0. The molecule has 0 N–H and O–H groups in total. The number of aryl methyl sites for hydroxylation is 1. The molecule has 16 heavy (non-hydrogen) atoms. The van der Waals surface area contributed by atoms with Crippen LogP contribution in [0.25, 0.3) is 0 Å². The number of hydrogen-bond donors (Lipinski definition) is 0. The van der Waals surface area contributed by atoms with Crippen molar-refractivity contribution in [2.24, 2.45) is 0 Å². The first-order valence-electron chi connectivity index (χ1n) is 4.90. The standard InChI is InChI=1S/C13H10BrNO/c1-9-3-2-4-11(12(9)14)13(16)10-5-7-15-8-6-10/h2-8H,1H3. The van der Waals surface area contributed by atoms with Crippen molar-refractivity contribution in [3.8, 4) is 0 Å². The summed E-state index contributed by atoms with van der Waals surface area (Å²) < 4.78 is 0.858. The van der Waals surface area contributed by atoms with Gasteiger partial charge in [0.2, 0.25) is 0 Å². The molecule has 80 valence electrons. The second-order valence-electron chi connectivity index (χ2n) is 3.50. The van der Waals surface area contributed by atoms with Gasteiger partial charge in [-0.15, -0.1) is 0 Å². The normalized spacial score (nSPS) is 10.1. The molecule has 1 aromatic carbocycles. The Hall–Kier alpha value is -1.48. The van der Waals surface area contributed by atoms with E-state index in [4.69, 9.17) is 0 Å². The van der Waals surface area contributed by atoms with Gasteiger partial charge in [0, 0.05) is 28.0 Å². The number of aromatic nitrogens is 1. The van der Waals surface area contributed by atoms with Gasteiger partial charge in [0.05, 0.1) is 0 Å². The van der Waals surface area contributed by atoms with E-state index in [2.05, 4.69) is 20.9 Å². The number of nitrogens with zero attached hydrogens (tertiary/aromatic N) is 1. The topological polar surface area (TPSA) is 30.0 Å². The zero-order valence-corrected chi connectivity index (χ0v) is 10.4. The molecule has 0 fully saturated rings. The SMILES string of the molecule is Cc1cccc(C(=O)c2ccncc2)c1Br. The monoisotopic (exact) mass is 275 g/mol. The Labute approximate surface area is 102 Å². The average Bonchev–Trinajstić information content (AvgIpc) is 2.33. The molecule has 0 atom stereocenters. The lowest BCUT2D eigenvalue weighted by Gasteiger charge is -2.05. The van der Waals surface area contributed by atoms with Gasteiger partial charge in [-0.2, -0.15) is 0 Å². The third kappa shape index (κ3) is 2.04. The minimum absolute atomic E-state index is 0.0120. The number of halogens is 1. The molecule has 0 amide bonds. The van der Waals surface area contributed by atoms with Gasteiger partial charge in [0.25, 0.3) is 0 Å². The lowest BCUT2D eigenvalue weighted by molar-refractivity contribution is 0.103. The number of carbonyl (C=O) groups excluding carboxylic acids is 1. The Balaban J connectivity index is 2.46. The van der Waals surface area contributed by atoms with Crippen molar-refractivity contribution >= 4 is 21.7 Å². The Morgan fingerprint density at radius 1 is 1.19 bits per heavy atom. The van der Waals surface area contributed by atoms with Crippen LogP contribution in [-0.2, 0) is 0 Å². The highest BCUT2D eigenvalue weighted by molar-refractivity contribution is 9.10. The average molecular weight is 276 g/mol. The van der Waals surface area contributed by atoms with Crippen LogP contribution in [0.2, 0.25) is 0 Å². The van der Waals surface area contributed by atoms with E-state index < -0.39 is 0 Å². The molecule has 2 rings (SSSR count). The molecule has 0 bridgehead atoms. The van der Waals surface area contributed by atoms with Crippen molar-refractivity contribution < 1.29 is 4.79 Å². The predicted octanol–water partition coefficient (Wildman–Crippen LogP) is 3.38. The number of hydrogen-bond acceptors (Lipinski definition) is 2. The molecule has 0 aliphatic rings. The van der Waals surface area contributed by atoms with Gasteiger partial charge in [0.15, 0.2) is 5.78 Å². The van der Waals surface area contributed by atoms with Gasteiger partial charge in [-0.1, -0.05) is 12.1 Å². The molecule has 0 unspecified atom stereocenters. The van der Waals surface area contributed by atoms with Gasteiger partial charge < -0.3 is 0 Å². The van der Waals surface area contributed by atoms with Gasteiger partial charge in [-0.05, 0) is 46.6 Å². The molecule has 1 aromatic heterocycles. The first kappa shape index (κ1) is 11.0. The Morgan fingerprint density at radius 3 is 2.56 bits per heavy atom. The number of pyridine rings is 1. The Morgan fingerprint density at radius 2 is 1.88 bits per heavy atom. The van der Waals surface area contributed by atoms with E-state index in [1.54, 1.807) is 24.5 Å². The largest absolute Gasteiger partial charge is 0.289 e. The Bertz CT molecular complexity index is 523. The van der Waals surface area contributed by atoms with Crippen LogP contribution in [0.5, 0.6) is 0 Å². The molecular formula is C13H10BrNO. The summed E-state index contributed by atoms with van der Waals surface area (Å²) in [4.78, 5) is 16.1. The van der Waals surface area contributed by atoms with Crippen molar-refractivity contribution in [1.29, 1.82) is 0 Å². The van der Waals surface area contributed by atoms with Crippen molar-refractivity contribution in [3.05, 3.63) is 63.9 Å². The molecule has 0 aliphatic carbocycles. The fourth-order valence-electron chi connectivity index (χ4n) is 1.48. The number of benzene rings is 1. The van der Waals surface area contributed by atoms with Crippen molar-refractivity contribution in [1.82, 2.24) is 4.98 Å². The van der Waals surface area contributed by atoms with E-state index in [0.717, 1.165) is 10.0 Å². The zero-order valence-electron chi connectivity index (χ0n) is 8.77. The van der Waals surface area contributed by atoms with Gasteiger partial charge >= 0.3 is 0 Å². The Kier molecular flexibility index (Phi) is 3.15. The second kappa shape index (κ2) is 4.58. The van der Waals surface area contributed by atoms with E-state index in [1.165, 1.54) is 0 Å². The quantitative estimate of drug-likeness (QED) is 0.787. The summed E-state index contributed by atoms with van der Waals surface area (Å²) >= 11 is 3.44. The van der Waals surface area contributed by atoms with Crippen LogP contribution in [0.4, 0.5) is 0 Å². The van der Waals surface area contributed by atoms with E-state index in [1.807, 2.05) is 25.1 Å². The van der Waals surface area contributed by atoms with Gasteiger partial charge in [0.1, 0.15) is 0 Å². The lowest BCUT2D eigenvalue weighted by Crippen LogP contribution is -2.02. The van der Waals surface area contributed by atoms with Crippen molar-refractivity contribution in [3.63, 3.8) is 0 Å². The maximum atomic E-state index is 12.2. The summed E-state index contributed by atoms with van der Waals surface area (Å²) in [6.07, 6.45) is 3.24. The van der Waals surface area contributed by atoms with Crippen molar-refractivity contribution in [2.75, 3.05) is 0 Å². The number of rotatable bonds is 2. The molecule has 0 spiro atoms. The van der Waals surface area contributed by atoms with E-state index in [0.29, 0.717) is 11.1 Å². The summed E-state index contributed by atoms with van der Waals surface area (Å²) in [7, 11) is 0. The second-order valence-corrected chi connectivity index (χ2v) is 4.29. The van der Waals surface area contributed by atoms with Crippen molar-refractivity contribution in [2.45, 2.75) is 6.92 Å². The van der Waals surface area contributed by atoms with Crippen LogP contribution in [0.1, 0.15) is 21.5 Å². The van der Waals surface area contributed by atoms with Crippen LogP contribution in [-0.4, -0.2) is 10.8 Å². The summed E-state index contributed by atoms with van der Waals surface area (Å²) in [5.74, 6) is 0.0120. The van der Waals surface area contributed by atoms with E-state index >= 15 is 0 Å². The molecule has 2 nitrogen and oxygen atoms in total. The molecule has 1 heterocycles. The van der Waals surface area contributed by atoms with Crippen LogP contribution >= 0.6 is 15.9 Å². The first-order valence-corrected chi connectivity index (χ1v) is 5.69. The summed E-state index contributed by atoms with van der Waals surface area (Å²) in [6, 6.07) is 9.11. The number of carbonyl (C=O) groups is 1. The molecule has 3 heteroatoms. The first-order chi connectivity index (χ1) is 7.70. The van der Waals surface area contributed by atoms with Crippen LogP contribution in [0.3, 0.4) is 0 Å². The molecule has 0 radical (unpaired) electrons. The summed E-state index contributed by atoms with van der Waals surface area (Å²) in [5.41, 5.74) is 2.40.